The molecule has 0 atom stereocenters. The minimum Gasteiger partial charge on any atom is -0.316 e. The fourth-order valence-corrected chi connectivity index (χ4v) is 2.23. The molecule has 3 heteroatoms. The van der Waals surface area contributed by atoms with Crippen LogP contribution in [0.3, 0.4) is 0 Å². The van der Waals surface area contributed by atoms with Crippen LogP contribution < -0.4 is 0 Å². The average Bonchev–Trinajstić information content (AvgIpc) is 2.85. The first-order chi connectivity index (χ1) is 8.90. The Hall–Kier alpha value is -2.42. The molecule has 0 unspecified atom stereocenters. The number of aldehydes is 1. The zero-order chi connectivity index (χ0) is 12.4. The normalized spacial score (nSPS) is 10.7. The van der Waals surface area contributed by atoms with Crippen LogP contribution in [0.5, 0.6) is 0 Å². The van der Waals surface area contributed by atoms with Crippen molar-refractivity contribution in [2.75, 3.05) is 0 Å². The largest absolute Gasteiger partial charge is 0.316 e. The van der Waals surface area contributed by atoms with Gasteiger partial charge in [0, 0.05) is 36.1 Å². The van der Waals surface area contributed by atoms with Crippen LogP contribution >= 0.6 is 0 Å². The fourth-order valence-electron chi connectivity index (χ4n) is 2.23. The molecule has 88 valence electrons. The predicted octanol–water partition coefficient (Wildman–Crippen LogP) is 2.77. The molecule has 0 saturated heterocycles. The van der Waals surface area contributed by atoms with Gasteiger partial charge in [0.2, 0.25) is 0 Å². The second-order valence-corrected chi connectivity index (χ2v) is 4.11. The Morgan fingerprint density at radius 1 is 1.11 bits per heavy atom. The van der Waals surface area contributed by atoms with Gasteiger partial charge in [-0.15, -0.1) is 0 Å². The minimum atomic E-state index is 0.456. The summed E-state index contributed by atoms with van der Waals surface area (Å²) in [6.45, 7) is 0. The van der Waals surface area contributed by atoms with E-state index in [1.165, 1.54) is 0 Å². The van der Waals surface area contributed by atoms with Crippen LogP contribution in [-0.4, -0.2) is 15.8 Å². The summed E-state index contributed by atoms with van der Waals surface area (Å²) in [6, 6.07) is 12.0. The Kier molecular flexibility index (Phi) is 2.65. The summed E-state index contributed by atoms with van der Waals surface area (Å²) in [5.74, 6) is 0. The summed E-state index contributed by atoms with van der Waals surface area (Å²) in [7, 11) is 0. The first-order valence-electron chi connectivity index (χ1n) is 5.83. The summed E-state index contributed by atoms with van der Waals surface area (Å²) in [6.07, 6.45) is 6.97. The molecule has 0 amide bonds. The van der Waals surface area contributed by atoms with Gasteiger partial charge in [-0.2, -0.15) is 0 Å². The SMILES string of the molecule is O=CCc1cccc2c1ccn2-c1ccncc1. The van der Waals surface area contributed by atoms with Crippen molar-refractivity contribution in [1.29, 1.82) is 0 Å². The van der Waals surface area contributed by atoms with Crippen LogP contribution in [0.25, 0.3) is 16.6 Å². The molecule has 0 saturated carbocycles. The summed E-state index contributed by atoms with van der Waals surface area (Å²) in [5, 5.41) is 1.13. The van der Waals surface area contributed by atoms with E-state index in [0.29, 0.717) is 6.42 Å². The number of benzene rings is 1. The van der Waals surface area contributed by atoms with Crippen LogP contribution in [0.15, 0.2) is 55.0 Å². The summed E-state index contributed by atoms with van der Waals surface area (Å²) >= 11 is 0. The van der Waals surface area contributed by atoms with Crippen molar-refractivity contribution in [1.82, 2.24) is 9.55 Å². The molecule has 0 spiro atoms. The number of fused-ring (bicyclic) bond motifs is 1. The van der Waals surface area contributed by atoms with Gasteiger partial charge in [-0.3, -0.25) is 4.98 Å². The number of hydrogen-bond donors (Lipinski definition) is 0. The number of pyridine rings is 1. The second-order valence-electron chi connectivity index (χ2n) is 4.11. The number of rotatable bonds is 3. The maximum absolute atomic E-state index is 10.7. The highest BCUT2D eigenvalue weighted by Gasteiger charge is 2.06. The van der Waals surface area contributed by atoms with Crippen LogP contribution in [0.1, 0.15) is 5.56 Å². The van der Waals surface area contributed by atoms with Gasteiger partial charge < -0.3 is 9.36 Å². The molecule has 0 aliphatic heterocycles. The number of carbonyl (C=O) groups is 1. The van der Waals surface area contributed by atoms with Gasteiger partial charge >= 0.3 is 0 Å². The molecule has 3 aromatic rings. The van der Waals surface area contributed by atoms with Crippen LogP contribution in [0, 0.1) is 0 Å². The van der Waals surface area contributed by atoms with Gasteiger partial charge in [0.05, 0.1) is 5.52 Å². The molecular formula is C15H12N2O. The van der Waals surface area contributed by atoms with Gasteiger partial charge in [0.1, 0.15) is 6.29 Å². The van der Waals surface area contributed by atoms with E-state index in [1.54, 1.807) is 12.4 Å². The Balaban J connectivity index is 2.21. The zero-order valence-electron chi connectivity index (χ0n) is 9.78. The lowest BCUT2D eigenvalue weighted by Crippen LogP contribution is -1.92. The number of aromatic nitrogens is 2. The van der Waals surface area contributed by atoms with Crippen molar-refractivity contribution in [3.63, 3.8) is 0 Å². The van der Waals surface area contributed by atoms with Crippen LogP contribution in [0.4, 0.5) is 0 Å². The van der Waals surface area contributed by atoms with E-state index in [4.69, 9.17) is 0 Å². The first kappa shape index (κ1) is 10.7. The summed E-state index contributed by atoms with van der Waals surface area (Å²) in [5.41, 5.74) is 3.25. The Morgan fingerprint density at radius 2 is 1.94 bits per heavy atom. The van der Waals surface area contributed by atoms with Crippen molar-refractivity contribution in [2.45, 2.75) is 6.42 Å². The third-order valence-electron chi connectivity index (χ3n) is 3.07. The number of carbonyl (C=O) groups excluding carboxylic acids is 1. The lowest BCUT2D eigenvalue weighted by atomic mass is 10.1. The average molecular weight is 236 g/mol. The molecule has 1 aromatic carbocycles. The maximum Gasteiger partial charge on any atom is 0.124 e. The second kappa shape index (κ2) is 4.45. The molecule has 3 rings (SSSR count). The van der Waals surface area contributed by atoms with Gasteiger partial charge in [-0.1, -0.05) is 12.1 Å². The lowest BCUT2D eigenvalue weighted by molar-refractivity contribution is -0.107. The van der Waals surface area contributed by atoms with E-state index in [2.05, 4.69) is 21.7 Å². The standard InChI is InChI=1S/C15H12N2O/c18-11-7-12-2-1-3-15-14(12)6-10-17(15)13-4-8-16-9-5-13/h1-6,8-11H,7H2. The Bertz CT molecular complexity index is 686. The van der Waals surface area contributed by atoms with Crippen molar-refractivity contribution >= 4 is 17.2 Å². The lowest BCUT2D eigenvalue weighted by Gasteiger charge is -2.05. The van der Waals surface area contributed by atoms with Crippen LogP contribution in [0.2, 0.25) is 0 Å². The van der Waals surface area contributed by atoms with E-state index < -0.39 is 0 Å². The van der Waals surface area contributed by atoms with Gasteiger partial charge in [-0.05, 0) is 29.8 Å². The molecule has 2 aromatic heterocycles. The van der Waals surface area contributed by atoms with E-state index in [0.717, 1.165) is 28.4 Å². The molecule has 0 aliphatic carbocycles. The minimum absolute atomic E-state index is 0.456. The quantitative estimate of drug-likeness (QED) is 0.655. The van der Waals surface area contributed by atoms with E-state index in [1.807, 2.05) is 30.5 Å². The maximum atomic E-state index is 10.7. The molecule has 0 bridgehead atoms. The molecule has 0 aliphatic rings. The highest BCUT2D eigenvalue weighted by Crippen LogP contribution is 2.23. The summed E-state index contributed by atoms with van der Waals surface area (Å²) < 4.78 is 2.10. The number of nitrogens with zero attached hydrogens (tertiary/aromatic N) is 2. The molecule has 2 heterocycles. The molecule has 0 radical (unpaired) electrons. The monoisotopic (exact) mass is 236 g/mol. The van der Waals surface area contributed by atoms with Crippen LogP contribution in [-0.2, 0) is 11.2 Å². The molecule has 18 heavy (non-hydrogen) atoms. The van der Waals surface area contributed by atoms with Gasteiger partial charge in [0.25, 0.3) is 0 Å². The third kappa shape index (κ3) is 1.70. The number of hydrogen-bond acceptors (Lipinski definition) is 2. The van der Waals surface area contributed by atoms with Crippen molar-refractivity contribution < 1.29 is 4.79 Å². The van der Waals surface area contributed by atoms with Gasteiger partial charge in [0.15, 0.2) is 0 Å². The van der Waals surface area contributed by atoms with E-state index in [9.17, 15) is 4.79 Å². The molecule has 0 fully saturated rings. The highest BCUT2D eigenvalue weighted by molar-refractivity contribution is 5.86. The molecule has 3 nitrogen and oxygen atoms in total. The third-order valence-corrected chi connectivity index (χ3v) is 3.07. The van der Waals surface area contributed by atoms with Crippen molar-refractivity contribution in [3.8, 4) is 5.69 Å². The van der Waals surface area contributed by atoms with Crippen molar-refractivity contribution in [2.24, 2.45) is 0 Å². The van der Waals surface area contributed by atoms with Gasteiger partial charge in [-0.25, -0.2) is 0 Å². The van der Waals surface area contributed by atoms with Crippen molar-refractivity contribution in [3.05, 3.63) is 60.6 Å². The zero-order valence-corrected chi connectivity index (χ0v) is 9.78. The smallest absolute Gasteiger partial charge is 0.124 e. The highest BCUT2D eigenvalue weighted by atomic mass is 16.1. The topological polar surface area (TPSA) is 34.9 Å². The summed E-state index contributed by atoms with van der Waals surface area (Å²) in [4.78, 5) is 14.7. The Morgan fingerprint density at radius 3 is 2.72 bits per heavy atom. The first-order valence-corrected chi connectivity index (χ1v) is 5.83. The Labute approximate surface area is 105 Å². The fraction of sp³-hybridized carbons (Fsp3) is 0.0667. The van der Waals surface area contributed by atoms with E-state index in [-0.39, 0.29) is 0 Å². The molecule has 0 N–H and O–H groups in total. The van der Waals surface area contributed by atoms with E-state index >= 15 is 0 Å². The molecular weight excluding hydrogens is 224 g/mol. The predicted molar refractivity (Wildman–Crippen MR) is 70.8 cm³/mol.